The van der Waals surface area contributed by atoms with Crippen molar-refractivity contribution in [1.29, 1.82) is 0 Å². The minimum absolute atomic E-state index is 0.0420. The van der Waals surface area contributed by atoms with Crippen molar-refractivity contribution in [3.05, 3.63) is 0 Å². The number of β-amino-alcohol motifs (C(OH)–C–C–N with tert-alkyl or cyclic N) is 1. The van der Waals surface area contributed by atoms with Gasteiger partial charge in [0.15, 0.2) is 0 Å². The average Bonchev–Trinajstić information content (AvgIpc) is 2.93. The van der Waals surface area contributed by atoms with E-state index in [1.54, 1.807) is 7.05 Å². The molecule has 2 heterocycles. The quantitative estimate of drug-likeness (QED) is 0.722. The van der Waals surface area contributed by atoms with E-state index in [2.05, 4.69) is 0 Å². The Balaban J connectivity index is 2.07. The largest absolute Gasteiger partial charge is 0.480 e. The molecule has 2 rings (SSSR count). The van der Waals surface area contributed by atoms with Gasteiger partial charge in [-0.1, -0.05) is 0 Å². The van der Waals surface area contributed by atoms with Crippen LogP contribution in [0.5, 0.6) is 0 Å². The number of hydrogen-bond donors (Lipinski definition) is 2. The molecule has 2 aliphatic rings. The van der Waals surface area contributed by atoms with E-state index in [1.807, 2.05) is 6.92 Å². The predicted molar refractivity (Wildman–Crippen MR) is 65.7 cm³/mol. The molecule has 2 fully saturated rings. The number of likely N-dealkylation sites (tertiary alicyclic amines) is 1. The van der Waals surface area contributed by atoms with Crippen LogP contribution >= 0.6 is 0 Å². The number of urea groups is 1. The Labute approximate surface area is 111 Å². The van der Waals surface area contributed by atoms with Crippen molar-refractivity contribution in [2.45, 2.75) is 44.1 Å². The summed E-state index contributed by atoms with van der Waals surface area (Å²) in [6, 6.07) is -1.34. The molecule has 19 heavy (non-hydrogen) atoms. The van der Waals surface area contributed by atoms with Crippen molar-refractivity contribution in [3.63, 3.8) is 0 Å². The summed E-state index contributed by atoms with van der Waals surface area (Å²) in [4.78, 5) is 26.2. The maximum atomic E-state index is 12.4. The number of carboxylic acids is 1. The van der Waals surface area contributed by atoms with Crippen molar-refractivity contribution in [1.82, 2.24) is 9.80 Å². The Morgan fingerprint density at radius 3 is 2.63 bits per heavy atom. The zero-order chi connectivity index (χ0) is 14.2. The fraction of sp³-hybridized carbons (Fsp3) is 0.833. The third kappa shape index (κ3) is 2.66. The Hall–Kier alpha value is -1.34. The smallest absolute Gasteiger partial charge is 0.326 e. The Morgan fingerprint density at radius 2 is 2.11 bits per heavy atom. The molecule has 0 aromatic rings. The Bertz CT molecular complexity index is 375. The minimum Gasteiger partial charge on any atom is -0.480 e. The number of ether oxygens (including phenoxy) is 1. The Kier molecular flexibility index (Phi) is 3.96. The number of aliphatic hydroxyl groups is 1. The second-order valence-corrected chi connectivity index (χ2v) is 5.22. The first-order valence-electron chi connectivity index (χ1n) is 6.47. The molecule has 108 valence electrons. The highest BCUT2D eigenvalue weighted by Gasteiger charge is 2.42. The number of aliphatic hydroxyl groups excluding tert-OH is 1. The maximum Gasteiger partial charge on any atom is 0.326 e. The lowest BCUT2D eigenvalue weighted by atomic mass is 10.1. The third-order valence-corrected chi connectivity index (χ3v) is 3.95. The second kappa shape index (κ2) is 5.34. The molecule has 0 radical (unpaired) electrons. The fourth-order valence-electron chi connectivity index (χ4n) is 2.83. The van der Waals surface area contributed by atoms with Crippen molar-refractivity contribution in [2.24, 2.45) is 0 Å². The first kappa shape index (κ1) is 14.1. The number of amides is 2. The molecule has 7 nitrogen and oxygen atoms in total. The lowest BCUT2D eigenvalue weighted by Gasteiger charge is -2.32. The van der Waals surface area contributed by atoms with Crippen LogP contribution in [0.1, 0.15) is 19.8 Å². The van der Waals surface area contributed by atoms with Crippen LogP contribution in [0.2, 0.25) is 0 Å². The number of aliphatic carboxylic acids is 1. The summed E-state index contributed by atoms with van der Waals surface area (Å²) in [5.41, 5.74) is 0. The summed E-state index contributed by atoms with van der Waals surface area (Å²) in [5, 5.41) is 18.7. The standard InChI is InChI=1S/C12H20N2O5/c1-7-9(3-4-19-7)13(2)12(18)14-6-8(15)5-10(14)11(16)17/h7-10,15H,3-6H2,1-2H3,(H,16,17). The molecule has 2 saturated heterocycles. The molecule has 4 atom stereocenters. The van der Waals surface area contributed by atoms with Crippen molar-refractivity contribution in [2.75, 3.05) is 20.2 Å². The third-order valence-electron chi connectivity index (χ3n) is 3.95. The van der Waals surface area contributed by atoms with Crippen molar-refractivity contribution < 1.29 is 24.5 Å². The molecular weight excluding hydrogens is 252 g/mol. The van der Waals surface area contributed by atoms with Gasteiger partial charge in [-0.3, -0.25) is 0 Å². The number of likely N-dealkylation sites (N-methyl/N-ethyl adjacent to an activating group) is 1. The monoisotopic (exact) mass is 272 g/mol. The van der Waals surface area contributed by atoms with Gasteiger partial charge in [-0.15, -0.1) is 0 Å². The summed E-state index contributed by atoms with van der Waals surface area (Å²) >= 11 is 0. The second-order valence-electron chi connectivity index (χ2n) is 5.22. The van der Waals surface area contributed by atoms with Crippen LogP contribution in [0, 0.1) is 0 Å². The minimum atomic E-state index is -1.07. The molecule has 0 bridgehead atoms. The molecule has 0 aliphatic carbocycles. The predicted octanol–water partition coefficient (Wildman–Crippen LogP) is -0.265. The van der Waals surface area contributed by atoms with Crippen LogP contribution in [-0.4, -0.2) is 76.5 Å². The van der Waals surface area contributed by atoms with Gasteiger partial charge in [0.2, 0.25) is 0 Å². The molecule has 0 aromatic carbocycles. The lowest BCUT2D eigenvalue weighted by Crippen LogP contribution is -2.51. The topological polar surface area (TPSA) is 90.3 Å². The van der Waals surface area contributed by atoms with E-state index < -0.39 is 18.1 Å². The van der Waals surface area contributed by atoms with E-state index in [0.29, 0.717) is 6.61 Å². The van der Waals surface area contributed by atoms with Crippen LogP contribution in [0.3, 0.4) is 0 Å². The number of rotatable bonds is 2. The van der Waals surface area contributed by atoms with E-state index in [9.17, 15) is 14.7 Å². The number of carbonyl (C=O) groups excluding carboxylic acids is 1. The maximum absolute atomic E-state index is 12.4. The highest BCUT2D eigenvalue weighted by atomic mass is 16.5. The van der Waals surface area contributed by atoms with Crippen LogP contribution < -0.4 is 0 Å². The first-order valence-corrected chi connectivity index (χ1v) is 6.47. The summed E-state index contributed by atoms with van der Waals surface area (Å²) in [5.74, 6) is -1.07. The van der Waals surface area contributed by atoms with E-state index in [0.717, 1.165) is 6.42 Å². The normalized spacial score (nSPS) is 34.6. The SMILES string of the molecule is CC1OCCC1N(C)C(=O)N1CC(O)CC1C(=O)O. The van der Waals surface area contributed by atoms with Crippen LogP contribution in [0.4, 0.5) is 4.79 Å². The summed E-state index contributed by atoms with van der Waals surface area (Å²) in [6.45, 7) is 2.57. The Morgan fingerprint density at radius 1 is 1.42 bits per heavy atom. The van der Waals surface area contributed by atoms with Crippen LogP contribution in [0.25, 0.3) is 0 Å². The van der Waals surface area contributed by atoms with E-state index in [1.165, 1.54) is 9.80 Å². The van der Waals surface area contributed by atoms with Gasteiger partial charge in [0.25, 0.3) is 0 Å². The van der Waals surface area contributed by atoms with Crippen LogP contribution in [-0.2, 0) is 9.53 Å². The first-order chi connectivity index (χ1) is 8.91. The lowest BCUT2D eigenvalue weighted by molar-refractivity contribution is -0.141. The van der Waals surface area contributed by atoms with E-state index in [4.69, 9.17) is 9.84 Å². The molecule has 4 unspecified atom stereocenters. The number of nitrogens with zero attached hydrogens (tertiary/aromatic N) is 2. The molecule has 0 aromatic heterocycles. The molecular formula is C12H20N2O5. The van der Waals surface area contributed by atoms with E-state index in [-0.39, 0.29) is 31.1 Å². The van der Waals surface area contributed by atoms with Gasteiger partial charge in [0.05, 0.1) is 18.2 Å². The van der Waals surface area contributed by atoms with Crippen LogP contribution in [0.15, 0.2) is 0 Å². The molecule has 2 N–H and O–H groups in total. The highest BCUT2D eigenvalue weighted by molar-refractivity contribution is 5.83. The molecule has 2 aliphatic heterocycles. The van der Waals surface area contributed by atoms with Gasteiger partial charge < -0.3 is 24.7 Å². The van der Waals surface area contributed by atoms with Crippen molar-refractivity contribution in [3.8, 4) is 0 Å². The number of hydrogen-bond acceptors (Lipinski definition) is 4. The van der Waals surface area contributed by atoms with E-state index >= 15 is 0 Å². The number of carboxylic acid groups (broad SMARTS) is 1. The zero-order valence-corrected chi connectivity index (χ0v) is 11.2. The average molecular weight is 272 g/mol. The summed E-state index contributed by atoms with van der Waals surface area (Å²) in [7, 11) is 1.65. The van der Waals surface area contributed by atoms with Gasteiger partial charge in [0, 0.05) is 26.6 Å². The fourth-order valence-corrected chi connectivity index (χ4v) is 2.83. The molecule has 0 spiro atoms. The van der Waals surface area contributed by atoms with Gasteiger partial charge in [-0.05, 0) is 13.3 Å². The zero-order valence-electron chi connectivity index (χ0n) is 11.2. The van der Waals surface area contributed by atoms with Gasteiger partial charge in [-0.2, -0.15) is 0 Å². The highest BCUT2D eigenvalue weighted by Crippen LogP contribution is 2.24. The summed E-state index contributed by atoms with van der Waals surface area (Å²) in [6.07, 6.45) is 0.0175. The summed E-state index contributed by atoms with van der Waals surface area (Å²) < 4.78 is 5.42. The van der Waals surface area contributed by atoms with Crippen molar-refractivity contribution >= 4 is 12.0 Å². The van der Waals surface area contributed by atoms with Gasteiger partial charge >= 0.3 is 12.0 Å². The molecule has 0 saturated carbocycles. The number of carbonyl (C=O) groups is 2. The molecule has 7 heteroatoms. The van der Waals surface area contributed by atoms with Gasteiger partial charge in [-0.25, -0.2) is 9.59 Å². The van der Waals surface area contributed by atoms with Gasteiger partial charge in [0.1, 0.15) is 6.04 Å². The molecule has 2 amide bonds.